The fourth-order valence-electron chi connectivity index (χ4n) is 2.26. The molecule has 0 bridgehead atoms. The molecular formula is C13H17ClN4O. The van der Waals surface area contributed by atoms with Crippen LogP contribution in [-0.4, -0.2) is 28.2 Å². The Morgan fingerprint density at radius 3 is 2.89 bits per heavy atom. The Bertz CT molecular complexity index is 496. The summed E-state index contributed by atoms with van der Waals surface area (Å²) >= 11 is 0. The Kier molecular flexibility index (Phi) is 4.87. The molecule has 0 radical (unpaired) electrons. The molecule has 0 spiro atoms. The van der Waals surface area contributed by atoms with Crippen molar-refractivity contribution in [3.8, 4) is 11.4 Å². The number of halogens is 1. The number of aromatic nitrogens is 3. The molecule has 0 saturated carbocycles. The van der Waals surface area contributed by atoms with Crippen molar-refractivity contribution in [1.82, 2.24) is 20.4 Å². The van der Waals surface area contributed by atoms with Gasteiger partial charge in [0.1, 0.15) is 0 Å². The lowest BCUT2D eigenvalue weighted by molar-refractivity contribution is 0.365. The molecule has 6 heteroatoms. The fraction of sp³-hybridized carbons (Fsp3) is 0.462. The van der Waals surface area contributed by atoms with Gasteiger partial charge >= 0.3 is 0 Å². The van der Waals surface area contributed by atoms with Crippen LogP contribution in [-0.2, 0) is 6.42 Å². The van der Waals surface area contributed by atoms with Crippen molar-refractivity contribution < 1.29 is 4.52 Å². The van der Waals surface area contributed by atoms with Gasteiger partial charge in [-0.15, -0.1) is 12.4 Å². The van der Waals surface area contributed by atoms with Gasteiger partial charge in [0.15, 0.2) is 0 Å². The van der Waals surface area contributed by atoms with Gasteiger partial charge in [-0.3, -0.25) is 4.98 Å². The minimum absolute atomic E-state index is 0. The van der Waals surface area contributed by atoms with Crippen molar-refractivity contribution in [3.05, 3.63) is 30.4 Å². The second-order valence-electron chi connectivity index (χ2n) is 4.65. The second kappa shape index (κ2) is 6.63. The Morgan fingerprint density at radius 1 is 1.32 bits per heavy atom. The van der Waals surface area contributed by atoms with Crippen molar-refractivity contribution in [2.45, 2.75) is 19.3 Å². The van der Waals surface area contributed by atoms with E-state index in [4.69, 9.17) is 4.52 Å². The summed E-state index contributed by atoms with van der Waals surface area (Å²) in [6.07, 6.45) is 6.70. The Hall–Kier alpha value is -1.46. The lowest BCUT2D eigenvalue weighted by Gasteiger charge is -2.03. The predicted molar refractivity (Wildman–Crippen MR) is 74.1 cm³/mol. The summed E-state index contributed by atoms with van der Waals surface area (Å²) in [5.41, 5.74) is 0.947. The topological polar surface area (TPSA) is 63.8 Å². The van der Waals surface area contributed by atoms with Crippen LogP contribution in [0.2, 0.25) is 0 Å². The molecule has 0 amide bonds. The van der Waals surface area contributed by atoms with E-state index < -0.39 is 0 Å². The zero-order valence-electron chi connectivity index (χ0n) is 10.6. The van der Waals surface area contributed by atoms with Crippen LogP contribution in [0.1, 0.15) is 18.7 Å². The predicted octanol–water partition coefficient (Wildman–Crippen LogP) is 2.10. The molecule has 1 saturated heterocycles. The third-order valence-electron chi connectivity index (χ3n) is 3.34. The molecule has 1 N–H and O–H groups in total. The Morgan fingerprint density at radius 2 is 2.16 bits per heavy atom. The standard InChI is InChI=1S/C13H16N4O.ClH/c1(10-3-6-15-9-10)2-12-16-13(17-18-12)11-4-7-14-8-5-11;/h4-5,7-8,10,15H,1-3,6,9H2;1H. The van der Waals surface area contributed by atoms with Crippen LogP contribution in [0.5, 0.6) is 0 Å². The number of hydrogen-bond donors (Lipinski definition) is 1. The highest BCUT2D eigenvalue weighted by atomic mass is 35.5. The monoisotopic (exact) mass is 280 g/mol. The molecule has 3 heterocycles. The van der Waals surface area contributed by atoms with Crippen molar-refractivity contribution in [2.24, 2.45) is 5.92 Å². The highest BCUT2D eigenvalue weighted by Crippen LogP contribution is 2.18. The van der Waals surface area contributed by atoms with Crippen LogP contribution in [0.25, 0.3) is 11.4 Å². The van der Waals surface area contributed by atoms with E-state index in [-0.39, 0.29) is 12.4 Å². The van der Waals surface area contributed by atoms with Crippen LogP contribution >= 0.6 is 12.4 Å². The van der Waals surface area contributed by atoms with E-state index in [0.29, 0.717) is 5.82 Å². The molecule has 0 aromatic carbocycles. The summed E-state index contributed by atoms with van der Waals surface area (Å²) in [7, 11) is 0. The average Bonchev–Trinajstić information content (AvgIpc) is 3.09. The maximum absolute atomic E-state index is 5.28. The molecular weight excluding hydrogens is 264 g/mol. The highest BCUT2D eigenvalue weighted by molar-refractivity contribution is 5.85. The second-order valence-corrected chi connectivity index (χ2v) is 4.65. The Balaban J connectivity index is 0.00000133. The first-order chi connectivity index (χ1) is 8.92. The van der Waals surface area contributed by atoms with Gasteiger partial charge in [-0.1, -0.05) is 5.16 Å². The van der Waals surface area contributed by atoms with Crippen LogP contribution in [0, 0.1) is 5.92 Å². The number of pyridine rings is 1. The third-order valence-corrected chi connectivity index (χ3v) is 3.34. The van der Waals surface area contributed by atoms with Crippen molar-refractivity contribution in [1.29, 1.82) is 0 Å². The van der Waals surface area contributed by atoms with E-state index in [2.05, 4.69) is 20.4 Å². The number of aryl methyl sites for hydroxylation is 1. The third kappa shape index (κ3) is 3.52. The summed E-state index contributed by atoms with van der Waals surface area (Å²) in [5, 5.41) is 7.37. The lowest BCUT2D eigenvalue weighted by Crippen LogP contribution is -2.09. The van der Waals surface area contributed by atoms with Crippen LogP contribution in [0.3, 0.4) is 0 Å². The highest BCUT2D eigenvalue weighted by Gasteiger charge is 2.16. The molecule has 1 aliphatic rings. The van der Waals surface area contributed by atoms with Gasteiger partial charge in [0.05, 0.1) is 0 Å². The van der Waals surface area contributed by atoms with E-state index in [0.717, 1.165) is 43.3 Å². The fourth-order valence-corrected chi connectivity index (χ4v) is 2.26. The first-order valence-electron chi connectivity index (χ1n) is 6.35. The van der Waals surface area contributed by atoms with E-state index in [1.807, 2.05) is 12.1 Å². The molecule has 1 aliphatic heterocycles. The summed E-state index contributed by atoms with van der Waals surface area (Å²) in [4.78, 5) is 8.39. The van der Waals surface area contributed by atoms with Gasteiger partial charge in [0.25, 0.3) is 0 Å². The summed E-state index contributed by atoms with van der Waals surface area (Å²) in [6.45, 7) is 2.25. The molecule has 1 atom stereocenters. The van der Waals surface area contributed by atoms with Gasteiger partial charge in [-0.05, 0) is 44.0 Å². The first kappa shape index (κ1) is 14.0. The molecule has 2 aromatic rings. The van der Waals surface area contributed by atoms with Crippen LogP contribution in [0.15, 0.2) is 29.0 Å². The Labute approximate surface area is 118 Å². The molecule has 1 fully saturated rings. The molecule has 3 rings (SSSR count). The maximum atomic E-state index is 5.28. The normalized spacial score (nSPS) is 18.2. The van der Waals surface area contributed by atoms with Gasteiger partial charge in [0, 0.05) is 24.4 Å². The molecule has 19 heavy (non-hydrogen) atoms. The van der Waals surface area contributed by atoms with E-state index >= 15 is 0 Å². The number of rotatable bonds is 4. The SMILES string of the molecule is Cl.c1cc(-c2noc(CCC3CCNC3)n2)ccn1. The van der Waals surface area contributed by atoms with Crippen LogP contribution < -0.4 is 5.32 Å². The van der Waals surface area contributed by atoms with Crippen LogP contribution in [0.4, 0.5) is 0 Å². The minimum atomic E-state index is 0. The smallest absolute Gasteiger partial charge is 0.226 e. The van der Waals surface area contributed by atoms with E-state index in [1.165, 1.54) is 6.42 Å². The van der Waals surface area contributed by atoms with Gasteiger partial charge < -0.3 is 9.84 Å². The largest absolute Gasteiger partial charge is 0.339 e. The lowest BCUT2D eigenvalue weighted by atomic mass is 10.0. The zero-order valence-corrected chi connectivity index (χ0v) is 11.4. The van der Waals surface area contributed by atoms with Crippen molar-refractivity contribution in [3.63, 3.8) is 0 Å². The average molecular weight is 281 g/mol. The molecule has 102 valence electrons. The van der Waals surface area contributed by atoms with E-state index in [9.17, 15) is 0 Å². The maximum Gasteiger partial charge on any atom is 0.226 e. The minimum Gasteiger partial charge on any atom is -0.339 e. The van der Waals surface area contributed by atoms with Gasteiger partial charge in [0.2, 0.25) is 11.7 Å². The first-order valence-corrected chi connectivity index (χ1v) is 6.35. The summed E-state index contributed by atoms with van der Waals surface area (Å²) in [5.74, 6) is 2.13. The van der Waals surface area contributed by atoms with Gasteiger partial charge in [-0.2, -0.15) is 4.98 Å². The van der Waals surface area contributed by atoms with E-state index in [1.54, 1.807) is 12.4 Å². The molecule has 1 unspecified atom stereocenters. The molecule has 2 aromatic heterocycles. The summed E-state index contributed by atoms with van der Waals surface area (Å²) in [6, 6.07) is 3.77. The zero-order chi connectivity index (χ0) is 12.2. The number of nitrogens with zero attached hydrogens (tertiary/aromatic N) is 3. The molecule has 5 nitrogen and oxygen atoms in total. The number of nitrogens with one attached hydrogen (secondary N) is 1. The molecule has 0 aliphatic carbocycles. The number of hydrogen-bond acceptors (Lipinski definition) is 5. The van der Waals surface area contributed by atoms with Crippen molar-refractivity contribution in [2.75, 3.05) is 13.1 Å². The summed E-state index contributed by atoms with van der Waals surface area (Å²) < 4.78 is 5.28. The van der Waals surface area contributed by atoms with Gasteiger partial charge in [-0.25, -0.2) is 0 Å². The quantitative estimate of drug-likeness (QED) is 0.929. The van der Waals surface area contributed by atoms with Crippen molar-refractivity contribution >= 4 is 12.4 Å².